The molecule has 0 bridgehead atoms. The SMILES string of the molecule is CC(NC(=O)C1CC1)c1ccc(N2CCC(c3cc(Cl)cc(Cl)c3)(C(F)(F)F)C2)cc1. The molecule has 2 atom stereocenters. The second-order valence-electron chi connectivity index (χ2n) is 8.51. The summed E-state index contributed by atoms with van der Waals surface area (Å²) >= 11 is 12.0. The highest BCUT2D eigenvalue weighted by Gasteiger charge is 2.59. The molecule has 1 amide bonds. The van der Waals surface area contributed by atoms with Crippen LogP contribution in [0.3, 0.4) is 0 Å². The van der Waals surface area contributed by atoms with Crippen LogP contribution in [0.5, 0.6) is 0 Å². The van der Waals surface area contributed by atoms with Crippen molar-refractivity contribution in [1.29, 1.82) is 0 Å². The van der Waals surface area contributed by atoms with Crippen molar-refractivity contribution in [3.63, 3.8) is 0 Å². The largest absolute Gasteiger partial charge is 0.400 e. The predicted octanol–water partition coefficient (Wildman–Crippen LogP) is 6.29. The average Bonchev–Trinajstić information content (AvgIpc) is 3.44. The summed E-state index contributed by atoms with van der Waals surface area (Å²) in [6, 6.07) is 11.3. The van der Waals surface area contributed by atoms with E-state index >= 15 is 0 Å². The summed E-state index contributed by atoms with van der Waals surface area (Å²) in [4.78, 5) is 13.7. The quantitative estimate of drug-likeness (QED) is 0.556. The van der Waals surface area contributed by atoms with E-state index in [9.17, 15) is 18.0 Å². The number of hydrogen-bond acceptors (Lipinski definition) is 2. The van der Waals surface area contributed by atoms with Crippen LogP contribution in [-0.2, 0) is 10.2 Å². The standard InChI is InChI=1S/C23H23Cl2F3N2O/c1-14(29-21(31)16-2-3-16)15-4-6-20(7-5-15)30-9-8-22(13-30,23(26,27)28)17-10-18(24)12-19(25)11-17/h4-7,10-12,14,16H,2-3,8-9,13H2,1H3,(H,29,31). The van der Waals surface area contributed by atoms with Crippen molar-refractivity contribution < 1.29 is 18.0 Å². The molecule has 1 saturated carbocycles. The summed E-state index contributed by atoms with van der Waals surface area (Å²) in [5.41, 5.74) is -0.316. The smallest absolute Gasteiger partial charge is 0.370 e. The number of carbonyl (C=O) groups excluding carboxylic acids is 1. The Hall–Kier alpha value is -1.92. The summed E-state index contributed by atoms with van der Waals surface area (Å²) < 4.78 is 42.8. The summed E-state index contributed by atoms with van der Waals surface area (Å²) in [5.74, 6) is 0.188. The van der Waals surface area contributed by atoms with Crippen molar-refractivity contribution in [2.24, 2.45) is 5.92 Å². The third kappa shape index (κ3) is 4.51. The number of rotatable bonds is 5. The lowest BCUT2D eigenvalue weighted by Gasteiger charge is -2.33. The molecule has 1 aliphatic heterocycles. The van der Waals surface area contributed by atoms with Crippen molar-refractivity contribution in [3.8, 4) is 0 Å². The van der Waals surface area contributed by atoms with Gasteiger partial charge < -0.3 is 10.2 Å². The Morgan fingerprint density at radius 3 is 2.29 bits per heavy atom. The van der Waals surface area contributed by atoms with Crippen molar-refractivity contribution in [1.82, 2.24) is 5.32 Å². The first-order chi connectivity index (χ1) is 14.6. The fourth-order valence-corrected chi connectivity index (χ4v) is 4.75. The van der Waals surface area contributed by atoms with Gasteiger partial charge in [0.2, 0.25) is 5.91 Å². The van der Waals surface area contributed by atoms with E-state index in [0.717, 1.165) is 18.4 Å². The molecular weight excluding hydrogens is 448 g/mol. The fourth-order valence-electron chi connectivity index (χ4n) is 4.22. The van der Waals surface area contributed by atoms with E-state index in [0.29, 0.717) is 5.69 Å². The number of nitrogens with zero attached hydrogens (tertiary/aromatic N) is 1. The Bertz CT molecular complexity index is 956. The first kappa shape index (κ1) is 22.3. The van der Waals surface area contributed by atoms with E-state index in [2.05, 4.69) is 5.32 Å². The van der Waals surface area contributed by atoms with Gasteiger partial charge in [-0.2, -0.15) is 13.2 Å². The zero-order valence-corrected chi connectivity index (χ0v) is 18.5. The molecule has 2 unspecified atom stereocenters. The molecule has 2 aromatic carbocycles. The first-order valence-electron chi connectivity index (χ1n) is 10.3. The van der Waals surface area contributed by atoms with Crippen LogP contribution in [-0.4, -0.2) is 25.2 Å². The van der Waals surface area contributed by atoms with Crippen LogP contribution in [0, 0.1) is 5.92 Å². The number of amides is 1. The zero-order valence-electron chi connectivity index (χ0n) is 17.0. The Labute approximate surface area is 189 Å². The molecule has 8 heteroatoms. The number of anilines is 1. The summed E-state index contributed by atoms with van der Waals surface area (Å²) in [7, 11) is 0. The highest BCUT2D eigenvalue weighted by atomic mass is 35.5. The number of carbonyl (C=O) groups is 1. The van der Waals surface area contributed by atoms with E-state index in [-0.39, 0.29) is 53.0 Å². The van der Waals surface area contributed by atoms with Gasteiger partial charge in [-0.15, -0.1) is 0 Å². The summed E-state index contributed by atoms with van der Waals surface area (Å²) in [6.45, 7) is 1.96. The van der Waals surface area contributed by atoms with Gasteiger partial charge >= 0.3 is 6.18 Å². The van der Waals surface area contributed by atoms with Crippen LogP contribution < -0.4 is 10.2 Å². The first-order valence-corrected chi connectivity index (χ1v) is 11.0. The summed E-state index contributed by atoms with van der Waals surface area (Å²) in [5, 5.41) is 3.37. The van der Waals surface area contributed by atoms with Crippen molar-refractivity contribution in [3.05, 3.63) is 63.6 Å². The van der Waals surface area contributed by atoms with Gasteiger partial charge in [0.05, 0.1) is 6.04 Å². The minimum Gasteiger partial charge on any atom is -0.370 e. The Morgan fingerprint density at radius 2 is 1.74 bits per heavy atom. The maximum Gasteiger partial charge on any atom is 0.400 e. The van der Waals surface area contributed by atoms with E-state index in [1.165, 1.54) is 18.2 Å². The van der Waals surface area contributed by atoms with Crippen molar-refractivity contribution in [2.45, 2.75) is 43.8 Å². The molecule has 2 fully saturated rings. The lowest BCUT2D eigenvalue weighted by Crippen LogP contribution is -2.44. The third-order valence-corrected chi connectivity index (χ3v) is 6.73. The second kappa shape index (κ2) is 8.21. The molecule has 2 aliphatic rings. The predicted molar refractivity (Wildman–Crippen MR) is 117 cm³/mol. The zero-order chi connectivity index (χ0) is 22.4. The van der Waals surface area contributed by atoms with E-state index in [1.54, 1.807) is 4.90 Å². The molecule has 0 radical (unpaired) electrons. The van der Waals surface area contributed by atoms with Gasteiger partial charge in [0.1, 0.15) is 5.41 Å². The topological polar surface area (TPSA) is 32.3 Å². The number of hydrogen-bond donors (Lipinski definition) is 1. The molecule has 0 spiro atoms. The molecule has 166 valence electrons. The van der Waals surface area contributed by atoms with Crippen LogP contribution in [0.1, 0.15) is 43.4 Å². The van der Waals surface area contributed by atoms with Crippen LogP contribution in [0.2, 0.25) is 10.0 Å². The Morgan fingerprint density at radius 1 is 1.13 bits per heavy atom. The monoisotopic (exact) mass is 470 g/mol. The maximum atomic E-state index is 14.3. The van der Waals surface area contributed by atoms with Crippen LogP contribution >= 0.6 is 23.2 Å². The summed E-state index contributed by atoms with van der Waals surface area (Å²) in [6.07, 6.45) is -2.66. The molecule has 1 heterocycles. The lowest BCUT2D eigenvalue weighted by atomic mass is 9.79. The molecule has 3 nitrogen and oxygen atoms in total. The lowest BCUT2D eigenvalue weighted by molar-refractivity contribution is -0.184. The van der Waals surface area contributed by atoms with Crippen LogP contribution in [0.25, 0.3) is 0 Å². The molecule has 1 N–H and O–H groups in total. The number of nitrogens with one attached hydrogen (secondary N) is 1. The highest BCUT2D eigenvalue weighted by molar-refractivity contribution is 6.34. The minimum atomic E-state index is -4.45. The van der Waals surface area contributed by atoms with Gasteiger partial charge in [-0.25, -0.2) is 0 Å². The van der Waals surface area contributed by atoms with Crippen molar-refractivity contribution >= 4 is 34.8 Å². The molecule has 1 aliphatic carbocycles. The van der Waals surface area contributed by atoms with Crippen LogP contribution in [0.15, 0.2) is 42.5 Å². The molecule has 1 saturated heterocycles. The van der Waals surface area contributed by atoms with E-state index < -0.39 is 11.6 Å². The Balaban J connectivity index is 1.54. The molecular formula is C23H23Cl2F3N2O. The minimum absolute atomic E-state index is 0.0614. The van der Waals surface area contributed by atoms with Gasteiger partial charge in [-0.05, 0) is 67.6 Å². The normalized spacial score (nSPS) is 22.5. The second-order valence-corrected chi connectivity index (χ2v) is 9.38. The molecule has 31 heavy (non-hydrogen) atoms. The molecule has 4 rings (SSSR count). The number of alkyl halides is 3. The number of halogens is 5. The van der Waals surface area contributed by atoms with E-state index in [4.69, 9.17) is 23.2 Å². The van der Waals surface area contributed by atoms with Gasteiger partial charge in [0.25, 0.3) is 0 Å². The van der Waals surface area contributed by atoms with Crippen molar-refractivity contribution in [2.75, 3.05) is 18.0 Å². The van der Waals surface area contributed by atoms with Gasteiger partial charge in [0.15, 0.2) is 0 Å². The van der Waals surface area contributed by atoms with Gasteiger partial charge in [0, 0.05) is 34.7 Å². The number of benzene rings is 2. The molecule has 0 aromatic heterocycles. The van der Waals surface area contributed by atoms with Crippen LogP contribution in [0.4, 0.5) is 18.9 Å². The van der Waals surface area contributed by atoms with Gasteiger partial charge in [-0.1, -0.05) is 35.3 Å². The average molecular weight is 471 g/mol. The Kier molecular flexibility index (Phi) is 5.90. The van der Waals surface area contributed by atoms with Gasteiger partial charge in [-0.3, -0.25) is 4.79 Å². The molecule has 2 aromatic rings. The fraction of sp³-hybridized carbons (Fsp3) is 0.435. The third-order valence-electron chi connectivity index (χ3n) is 6.29. The maximum absolute atomic E-state index is 14.3. The van der Waals surface area contributed by atoms with E-state index in [1.807, 2.05) is 31.2 Å². The highest BCUT2D eigenvalue weighted by Crippen LogP contribution is 2.49.